The van der Waals surface area contributed by atoms with E-state index in [0.29, 0.717) is 5.56 Å². The van der Waals surface area contributed by atoms with E-state index in [-0.39, 0.29) is 18.1 Å². The quantitative estimate of drug-likeness (QED) is 0.545. The van der Waals surface area contributed by atoms with Gasteiger partial charge in [-0.2, -0.15) is 0 Å². The van der Waals surface area contributed by atoms with Crippen molar-refractivity contribution in [3.8, 4) is 11.5 Å². The molecule has 0 radical (unpaired) electrons. The van der Waals surface area contributed by atoms with Crippen LogP contribution in [0.15, 0.2) is 18.2 Å². The van der Waals surface area contributed by atoms with Crippen molar-refractivity contribution >= 4 is 0 Å². The Hall–Kier alpha value is -1.42. The number of phenolic OH excluding ortho intramolecular Hbond substituents is 2. The van der Waals surface area contributed by atoms with Crippen molar-refractivity contribution in [1.82, 2.24) is 0 Å². The Morgan fingerprint density at radius 1 is 1.09 bits per heavy atom. The highest BCUT2D eigenvalue weighted by molar-refractivity contribution is 5.41. The maximum atomic E-state index is 10.2. The molecule has 8 heteroatoms. The number of aliphatic hydroxyl groups excluding tert-OH is 2. The van der Waals surface area contributed by atoms with Crippen LogP contribution in [-0.4, -0.2) is 64.8 Å². The van der Waals surface area contributed by atoms with Crippen molar-refractivity contribution in [2.24, 2.45) is 0 Å². The van der Waals surface area contributed by atoms with Gasteiger partial charge >= 0.3 is 0 Å². The van der Waals surface area contributed by atoms with Gasteiger partial charge in [-0.05, 0) is 12.1 Å². The molecule has 0 aliphatic carbocycles. The minimum absolute atomic E-state index is 0.126. The Kier molecular flexibility index (Phi) is 4.22. The summed E-state index contributed by atoms with van der Waals surface area (Å²) in [5.41, 5.74) is 0.476. The molecular weight excluding hydrogens is 296 g/mol. The van der Waals surface area contributed by atoms with Crippen LogP contribution in [0.1, 0.15) is 11.9 Å². The molecule has 2 saturated heterocycles. The van der Waals surface area contributed by atoms with Crippen LogP contribution >= 0.6 is 0 Å². The zero-order chi connectivity index (χ0) is 15.9. The Balaban J connectivity index is 1.76. The van der Waals surface area contributed by atoms with E-state index in [9.17, 15) is 20.4 Å². The van der Waals surface area contributed by atoms with Gasteiger partial charge in [0.2, 0.25) is 0 Å². The van der Waals surface area contributed by atoms with E-state index in [4.69, 9.17) is 18.9 Å². The lowest BCUT2D eigenvalue weighted by Gasteiger charge is -2.45. The van der Waals surface area contributed by atoms with Gasteiger partial charge < -0.3 is 39.4 Å². The maximum Gasteiger partial charge on any atom is 0.186 e. The zero-order valence-electron chi connectivity index (χ0n) is 11.8. The predicted octanol–water partition coefficient (Wildman–Crippen LogP) is -0.395. The van der Waals surface area contributed by atoms with Crippen LogP contribution in [0.2, 0.25) is 0 Å². The molecule has 0 bridgehead atoms. The van der Waals surface area contributed by atoms with E-state index in [2.05, 4.69) is 0 Å². The number of aromatic hydroxyl groups is 2. The molecule has 2 fully saturated rings. The fourth-order valence-corrected chi connectivity index (χ4v) is 2.63. The van der Waals surface area contributed by atoms with Gasteiger partial charge in [0, 0.05) is 12.7 Å². The number of hydrogen-bond donors (Lipinski definition) is 4. The first kappa shape index (κ1) is 15.5. The highest BCUT2D eigenvalue weighted by atomic mass is 16.7. The van der Waals surface area contributed by atoms with Gasteiger partial charge in [-0.25, -0.2) is 0 Å². The minimum Gasteiger partial charge on any atom is -0.504 e. The molecule has 2 aliphatic rings. The molecule has 2 aliphatic heterocycles. The Labute approximate surface area is 126 Å². The molecule has 0 saturated carbocycles. The highest BCUT2D eigenvalue weighted by Gasteiger charge is 2.49. The SMILES string of the molecule is CO[C@H]1O[C@@H]2COC(c3ccc(O)c(O)c3)O[C@H]2[C@H](O)[C@@H]1O. The van der Waals surface area contributed by atoms with E-state index in [1.54, 1.807) is 0 Å². The van der Waals surface area contributed by atoms with Crippen molar-refractivity contribution in [3.05, 3.63) is 23.8 Å². The molecule has 122 valence electrons. The normalized spacial score (nSPS) is 38.5. The molecular formula is C14H18O8. The topological polar surface area (TPSA) is 118 Å². The third-order valence-electron chi connectivity index (χ3n) is 3.84. The summed E-state index contributed by atoms with van der Waals surface area (Å²) in [6, 6.07) is 4.16. The summed E-state index contributed by atoms with van der Waals surface area (Å²) in [4.78, 5) is 0. The van der Waals surface area contributed by atoms with E-state index in [1.807, 2.05) is 0 Å². The average Bonchev–Trinajstić information content (AvgIpc) is 2.53. The van der Waals surface area contributed by atoms with Crippen molar-refractivity contribution < 1.29 is 39.4 Å². The van der Waals surface area contributed by atoms with E-state index in [0.717, 1.165) is 0 Å². The van der Waals surface area contributed by atoms with Crippen LogP contribution in [-0.2, 0) is 18.9 Å². The Bertz CT molecular complexity index is 534. The first-order valence-corrected chi connectivity index (χ1v) is 6.84. The lowest BCUT2D eigenvalue weighted by atomic mass is 9.98. The standard InChI is InChI=1S/C14H18O8/c1-19-14-11(18)10(17)12-9(21-14)5-20-13(22-12)6-2-3-7(15)8(16)4-6/h2-4,9-18H,5H2,1H3/t9-,10-,11+,12-,13?,14+/m1/s1. The number of hydrogen-bond acceptors (Lipinski definition) is 8. The van der Waals surface area contributed by atoms with Crippen LogP contribution in [0, 0.1) is 0 Å². The molecule has 22 heavy (non-hydrogen) atoms. The lowest BCUT2D eigenvalue weighted by Crippen LogP contribution is -2.62. The number of fused-ring (bicyclic) bond motifs is 1. The molecule has 1 unspecified atom stereocenters. The van der Waals surface area contributed by atoms with Gasteiger partial charge in [-0.3, -0.25) is 0 Å². The maximum absolute atomic E-state index is 10.2. The fourth-order valence-electron chi connectivity index (χ4n) is 2.63. The summed E-state index contributed by atoms with van der Waals surface area (Å²) >= 11 is 0. The monoisotopic (exact) mass is 314 g/mol. The predicted molar refractivity (Wildman–Crippen MR) is 71.0 cm³/mol. The van der Waals surface area contributed by atoms with Crippen molar-refractivity contribution in [3.63, 3.8) is 0 Å². The minimum atomic E-state index is -1.24. The van der Waals surface area contributed by atoms with E-state index < -0.39 is 37.0 Å². The largest absolute Gasteiger partial charge is 0.504 e. The molecule has 8 nitrogen and oxygen atoms in total. The molecule has 2 heterocycles. The van der Waals surface area contributed by atoms with Crippen molar-refractivity contribution in [1.29, 1.82) is 0 Å². The molecule has 0 spiro atoms. The van der Waals surface area contributed by atoms with Gasteiger partial charge in [0.15, 0.2) is 24.1 Å². The van der Waals surface area contributed by atoms with Crippen LogP contribution in [0.4, 0.5) is 0 Å². The van der Waals surface area contributed by atoms with Crippen molar-refractivity contribution in [2.75, 3.05) is 13.7 Å². The summed E-state index contributed by atoms with van der Waals surface area (Å²) in [5.74, 6) is -0.552. The second kappa shape index (κ2) is 5.99. The number of benzene rings is 1. The molecule has 0 aromatic heterocycles. The van der Waals surface area contributed by atoms with Gasteiger partial charge in [-0.15, -0.1) is 0 Å². The first-order valence-electron chi connectivity index (χ1n) is 6.84. The van der Waals surface area contributed by atoms with E-state index >= 15 is 0 Å². The van der Waals surface area contributed by atoms with Crippen LogP contribution < -0.4 is 0 Å². The van der Waals surface area contributed by atoms with Crippen molar-refractivity contribution in [2.45, 2.75) is 37.0 Å². The molecule has 3 rings (SSSR count). The van der Waals surface area contributed by atoms with E-state index in [1.165, 1.54) is 25.3 Å². The number of ether oxygens (including phenoxy) is 4. The number of phenols is 2. The Morgan fingerprint density at radius 2 is 1.86 bits per heavy atom. The smallest absolute Gasteiger partial charge is 0.186 e. The van der Waals surface area contributed by atoms with Gasteiger partial charge in [0.25, 0.3) is 0 Å². The number of aliphatic hydroxyl groups is 2. The summed E-state index contributed by atoms with van der Waals surface area (Å²) < 4.78 is 21.6. The third-order valence-corrected chi connectivity index (χ3v) is 3.84. The fraction of sp³-hybridized carbons (Fsp3) is 0.571. The summed E-state index contributed by atoms with van der Waals surface area (Å²) in [7, 11) is 1.37. The first-order chi connectivity index (χ1) is 10.5. The van der Waals surface area contributed by atoms with Gasteiger partial charge in [0.05, 0.1) is 6.61 Å². The number of rotatable bonds is 2. The second-order valence-electron chi connectivity index (χ2n) is 5.27. The zero-order valence-corrected chi connectivity index (χ0v) is 11.8. The molecule has 0 amide bonds. The molecule has 1 aromatic rings. The van der Waals surface area contributed by atoms with Crippen LogP contribution in [0.25, 0.3) is 0 Å². The van der Waals surface area contributed by atoms with Gasteiger partial charge in [0.1, 0.15) is 24.4 Å². The molecule has 4 N–H and O–H groups in total. The molecule has 6 atom stereocenters. The van der Waals surface area contributed by atoms with Crippen LogP contribution in [0.3, 0.4) is 0 Å². The average molecular weight is 314 g/mol. The Morgan fingerprint density at radius 3 is 2.55 bits per heavy atom. The number of methoxy groups -OCH3 is 1. The second-order valence-corrected chi connectivity index (χ2v) is 5.27. The van der Waals surface area contributed by atoms with Crippen LogP contribution in [0.5, 0.6) is 11.5 Å². The highest BCUT2D eigenvalue weighted by Crippen LogP contribution is 2.36. The summed E-state index contributed by atoms with van der Waals surface area (Å²) in [5, 5.41) is 38.9. The third kappa shape index (κ3) is 2.65. The molecule has 1 aromatic carbocycles. The summed E-state index contributed by atoms with van der Waals surface area (Å²) in [6.45, 7) is 0.126. The summed E-state index contributed by atoms with van der Waals surface area (Å²) in [6.07, 6.45) is -5.60. The lowest BCUT2D eigenvalue weighted by molar-refractivity contribution is -0.358. The van der Waals surface area contributed by atoms with Gasteiger partial charge in [-0.1, -0.05) is 6.07 Å².